The maximum Gasteiger partial charge on any atom is 0.167 e. The number of hydrogen-bond donors (Lipinski definition) is 1. The van der Waals surface area contributed by atoms with E-state index in [1.807, 2.05) is 19.1 Å². The monoisotopic (exact) mass is 251 g/mol. The number of anilines is 1. The molecule has 100 valence electrons. The van der Waals surface area contributed by atoms with Gasteiger partial charge in [-0.3, -0.25) is 0 Å². The van der Waals surface area contributed by atoms with Crippen LogP contribution in [0.3, 0.4) is 0 Å². The van der Waals surface area contributed by atoms with Gasteiger partial charge in [-0.25, -0.2) is 4.39 Å². The highest BCUT2D eigenvalue weighted by Gasteiger charge is 2.03. The van der Waals surface area contributed by atoms with E-state index in [-0.39, 0.29) is 5.82 Å². The minimum Gasteiger partial charge on any atom is -0.491 e. The van der Waals surface area contributed by atoms with Gasteiger partial charge in [-0.15, -0.1) is 6.58 Å². The van der Waals surface area contributed by atoms with Crippen molar-refractivity contribution in [3.63, 3.8) is 0 Å². The van der Waals surface area contributed by atoms with E-state index >= 15 is 0 Å². The summed E-state index contributed by atoms with van der Waals surface area (Å²) in [5, 5.41) is 3.21. The van der Waals surface area contributed by atoms with Crippen molar-refractivity contribution in [1.29, 1.82) is 0 Å². The van der Waals surface area contributed by atoms with Crippen molar-refractivity contribution >= 4 is 5.69 Å². The summed E-state index contributed by atoms with van der Waals surface area (Å²) in [7, 11) is 0. The molecule has 0 aromatic heterocycles. The fourth-order valence-corrected chi connectivity index (χ4v) is 1.71. The molecule has 0 radical (unpaired) electrons. The summed E-state index contributed by atoms with van der Waals surface area (Å²) in [5.41, 5.74) is 0.805. The van der Waals surface area contributed by atoms with Gasteiger partial charge in [0.25, 0.3) is 0 Å². The smallest absolute Gasteiger partial charge is 0.167 e. The van der Waals surface area contributed by atoms with Crippen LogP contribution < -0.4 is 10.1 Å². The number of nitrogens with one attached hydrogen (secondary N) is 1. The van der Waals surface area contributed by atoms with Gasteiger partial charge in [0.15, 0.2) is 11.6 Å². The third-order valence-electron chi connectivity index (χ3n) is 2.65. The number of rotatable bonds is 9. The van der Waals surface area contributed by atoms with Crippen molar-refractivity contribution in [2.75, 3.05) is 18.5 Å². The van der Waals surface area contributed by atoms with E-state index in [4.69, 9.17) is 4.74 Å². The van der Waals surface area contributed by atoms with E-state index in [9.17, 15) is 4.39 Å². The van der Waals surface area contributed by atoms with Crippen LogP contribution in [-0.4, -0.2) is 13.2 Å². The molecule has 0 aliphatic rings. The molecule has 0 saturated carbocycles. The molecule has 2 nitrogen and oxygen atoms in total. The predicted molar refractivity (Wildman–Crippen MR) is 74.7 cm³/mol. The van der Waals surface area contributed by atoms with Gasteiger partial charge in [0.1, 0.15) is 0 Å². The Bertz CT molecular complexity index is 366. The third kappa shape index (κ3) is 5.21. The van der Waals surface area contributed by atoms with E-state index in [0.717, 1.165) is 25.1 Å². The number of hydrogen-bond acceptors (Lipinski definition) is 2. The number of benzene rings is 1. The molecular weight excluding hydrogens is 229 g/mol. The van der Waals surface area contributed by atoms with E-state index in [1.165, 1.54) is 18.9 Å². The molecular formula is C15H22FNO. The molecule has 0 bridgehead atoms. The molecule has 0 aliphatic carbocycles. The Morgan fingerprint density at radius 3 is 2.83 bits per heavy atom. The van der Waals surface area contributed by atoms with Crippen LogP contribution in [0.2, 0.25) is 0 Å². The number of ether oxygens (including phenoxy) is 1. The molecule has 0 aliphatic heterocycles. The number of unbranched alkanes of at least 4 members (excludes halogenated alkanes) is 3. The summed E-state index contributed by atoms with van der Waals surface area (Å²) in [6, 6.07) is 4.99. The minimum atomic E-state index is -0.312. The second kappa shape index (κ2) is 8.56. The Kier molecular flexibility index (Phi) is 6.92. The van der Waals surface area contributed by atoms with E-state index < -0.39 is 0 Å². The van der Waals surface area contributed by atoms with Crippen molar-refractivity contribution in [2.24, 2.45) is 0 Å². The Labute approximate surface area is 109 Å². The van der Waals surface area contributed by atoms with Gasteiger partial charge in [-0.05, 0) is 38.3 Å². The van der Waals surface area contributed by atoms with Crippen molar-refractivity contribution in [3.05, 3.63) is 36.7 Å². The number of allylic oxidation sites excluding steroid dienone is 1. The molecule has 1 rings (SSSR count). The molecule has 0 saturated heterocycles. The zero-order valence-electron chi connectivity index (χ0n) is 11.0. The maximum absolute atomic E-state index is 13.5. The fraction of sp³-hybridized carbons (Fsp3) is 0.467. The number of halogens is 1. The van der Waals surface area contributed by atoms with Crippen LogP contribution in [0, 0.1) is 5.82 Å². The summed E-state index contributed by atoms with van der Waals surface area (Å²) >= 11 is 0. The molecule has 1 N–H and O–H groups in total. The lowest BCUT2D eigenvalue weighted by atomic mass is 10.2. The highest BCUT2D eigenvalue weighted by Crippen LogP contribution is 2.21. The zero-order valence-corrected chi connectivity index (χ0v) is 11.0. The van der Waals surface area contributed by atoms with Crippen LogP contribution >= 0.6 is 0 Å². The molecule has 3 heteroatoms. The second-order valence-corrected chi connectivity index (χ2v) is 4.14. The first-order valence-electron chi connectivity index (χ1n) is 6.55. The fourth-order valence-electron chi connectivity index (χ4n) is 1.71. The van der Waals surface area contributed by atoms with Crippen LogP contribution in [0.15, 0.2) is 30.9 Å². The van der Waals surface area contributed by atoms with Gasteiger partial charge in [-0.2, -0.15) is 0 Å². The molecule has 1 aromatic carbocycles. The Hall–Kier alpha value is -1.51. The lowest BCUT2D eigenvalue weighted by molar-refractivity contribution is 0.321. The van der Waals surface area contributed by atoms with Crippen molar-refractivity contribution in [2.45, 2.75) is 32.6 Å². The second-order valence-electron chi connectivity index (χ2n) is 4.14. The van der Waals surface area contributed by atoms with Crippen LogP contribution in [0.25, 0.3) is 0 Å². The summed E-state index contributed by atoms with van der Waals surface area (Å²) in [6.45, 7) is 6.88. The lowest BCUT2D eigenvalue weighted by Gasteiger charge is -2.09. The van der Waals surface area contributed by atoms with Crippen molar-refractivity contribution < 1.29 is 9.13 Å². The van der Waals surface area contributed by atoms with Crippen molar-refractivity contribution in [3.8, 4) is 5.75 Å². The van der Waals surface area contributed by atoms with E-state index in [2.05, 4.69) is 11.9 Å². The first-order chi connectivity index (χ1) is 8.77. The van der Waals surface area contributed by atoms with Gasteiger partial charge < -0.3 is 10.1 Å². The average Bonchev–Trinajstić information content (AvgIpc) is 2.37. The summed E-state index contributed by atoms with van der Waals surface area (Å²) in [6.07, 6.45) is 6.43. The standard InChI is InChI=1S/C15H22FNO/c1-3-5-6-7-8-11-17-13-9-10-15(18-4-2)14(16)12-13/h3,9-10,12,17H,1,4-8,11H2,2H3. The van der Waals surface area contributed by atoms with Crippen LogP contribution in [0.4, 0.5) is 10.1 Å². The van der Waals surface area contributed by atoms with E-state index in [0.29, 0.717) is 12.4 Å². The van der Waals surface area contributed by atoms with Gasteiger partial charge in [0.2, 0.25) is 0 Å². The molecule has 1 aromatic rings. The normalized spacial score (nSPS) is 10.1. The van der Waals surface area contributed by atoms with E-state index in [1.54, 1.807) is 6.07 Å². The molecule has 0 amide bonds. The SMILES string of the molecule is C=CCCCCCNc1ccc(OCC)c(F)c1. The average molecular weight is 251 g/mol. The minimum absolute atomic E-state index is 0.312. The summed E-state index contributed by atoms with van der Waals surface area (Å²) < 4.78 is 18.7. The molecule has 0 spiro atoms. The Balaban J connectivity index is 2.30. The first-order valence-corrected chi connectivity index (χ1v) is 6.55. The quantitative estimate of drug-likeness (QED) is 0.519. The highest BCUT2D eigenvalue weighted by molar-refractivity contribution is 5.47. The Morgan fingerprint density at radius 2 is 2.17 bits per heavy atom. The lowest BCUT2D eigenvalue weighted by Crippen LogP contribution is -2.02. The highest BCUT2D eigenvalue weighted by atomic mass is 19.1. The summed E-state index contributed by atoms with van der Waals surface area (Å²) in [4.78, 5) is 0. The molecule has 0 atom stereocenters. The van der Waals surface area contributed by atoms with Crippen LogP contribution in [-0.2, 0) is 0 Å². The van der Waals surface area contributed by atoms with Crippen molar-refractivity contribution in [1.82, 2.24) is 0 Å². The van der Waals surface area contributed by atoms with Crippen LogP contribution in [0.1, 0.15) is 32.6 Å². The van der Waals surface area contributed by atoms with Gasteiger partial charge in [-0.1, -0.05) is 12.5 Å². The largest absolute Gasteiger partial charge is 0.491 e. The van der Waals surface area contributed by atoms with Gasteiger partial charge in [0, 0.05) is 18.3 Å². The molecule has 0 fully saturated rings. The van der Waals surface area contributed by atoms with Crippen LogP contribution in [0.5, 0.6) is 5.75 Å². The first kappa shape index (κ1) is 14.6. The molecule has 0 unspecified atom stereocenters. The third-order valence-corrected chi connectivity index (χ3v) is 2.65. The zero-order chi connectivity index (χ0) is 13.2. The molecule has 18 heavy (non-hydrogen) atoms. The molecule has 0 heterocycles. The topological polar surface area (TPSA) is 21.3 Å². The summed E-state index contributed by atoms with van der Waals surface area (Å²) in [5.74, 6) is 0.00235. The Morgan fingerprint density at radius 1 is 1.33 bits per heavy atom. The predicted octanol–water partition coefficient (Wildman–Crippen LogP) is 4.38. The van der Waals surface area contributed by atoms with Gasteiger partial charge >= 0.3 is 0 Å². The maximum atomic E-state index is 13.5. The van der Waals surface area contributed by atoms with Gasteiger partial charge in [0.05, 0.1) is 6.61 Å².